The molecule has 2 N–H and O–H groups in total. The number of carbonyl (C=O) groups is 1. The van der Waals surface area contributed by atoms with Gasteiger partial charge in [-0.25, -0.2) is 4.79 Å². The number of aliphatic hydroxyl groups is 1. The second-order valence-corrected chi connectivity index (χ2v) is 4.54. The van der Waals surface area contributed by atoms with Crippen molar-refractivity contribution in [1.29, 1.82) is 0 Å². The van der Waals surface area contributed by atoms with Gasteiger partial charge >= 0.3 is 6.03 Å². The number of nitrogens with zero attached hydrogens (tertiary/aromatic N) is 1. The molecule has 0 radical (unpaired) electrons. The smallest absolute Gasteiger partial charge is 0.317 e. The fourth-order valence-corrected chi connectivity index (χ4v) is 2.30. The highest BCUT2D eigenvalue weighted by Gasteiger charge is 2.21. The maximum atomic E-state index is 11.7. The van der Waals surface area contributed by atoms with Crippen LogP contribution in [-0.4, -0.2) is 41.8 Å². The van der Waals surface area contributed by atoms with Crippen molar-refractivity contribution in [1.82, 2.24) is 10.2 Å². The van der Waals surface area contributed by atoms with Gasteiger partial charge in [0.15, 0.2) is 0 Å². The first kappa shape index (κ1) is 13.3. The SMILES string of the molecule is CCN(CC)C(=O)NCC1CCCC(O)C1. The van der Waals surface area contributed by atoms with E-state index in [0.717, 1.165) is 38.8 Å². The van der Waals surface area contributed by atoms with Gasteiger partial charge in [-0.05, 0) is 39.0 Å². The molecule has 1 aliphatic rings. The third-order valence-electron chi connectivity index (χ3n) is 3.35. The van der Waals surface area contributed by atoms with Crippen molar-refractivity contribution in [3.63, 3.8) is 0 Å². The van der Waals surface area contributed by atoms with Crippen LogP contribution in [-0.2, 0) is 0 Å². The molecule has 0 spiro atoms. The van der Waals surface area contributed by atoms with Crippen molar-refractivity contribution >= 4 is 6.03 Å². The van der Waals surface area contributed by atoms with Gasteiger partial charge in [0.05, 0.1) is 6.10 Å². The molecule has 1 aliphatic carbocycles. The van der Waals surface area contributed by atoms with Gasteiger partial charge in [0.2, 0.25) is 0 Å². The zero-order valence-electron chi connectivity index (χ0n) is 10.4. The molecule has 0 heterocycles. The summed E-state index contributed by atoms with van der Waals surface area (Å²) in [6.45, 7) is 6.15. The number of aliphatic hydroxyl groups excluding tert-OH is 1. The van der Waals surface area contributed by atoms with Crippen LogP contribution in [0.25, 0.3) is 0 Å². The summed E-state index contributed by atoms with van der Waals surface area (Å²) in [4.78, 5) is 13.5. The Morgan fingerprint density at radius 2 is 2.06 bits per heavy atom. The first-order valence-corrected chi connectivity index (χ1v) is 6.38. The van der Waals surface area contributed by atoms with E-state index >= 15 is 0 Å². The number of nitrogens with one attached hydrogen (secondary N) is 1. The van der Waals surface area contributed by atoms with E-state index in [2.05, 4.69) is 5.32 Å². The zero-order valence-corrected chi connectivity index (χ0v) is 10.4. The Hall–Kier alpha value is -0.770. The number of urea groups is 1. The molecule has 0 aromatic carbocycles. The molecule has 1 fully saturated rings. The molecule has 0 aliphatic heterocycles. The highest BCUT2D eigenvalue weighted by atomic mass is 16.3. The van der Waals surface area contributed by atoms with Crippen LogP contribution in [0.1, 0.15) is 39.5 Å². The lowest BCUT2D eigenvalue weighted by molar-refractivity contribution is 0.100. The predicted octanol–water partition coefficient (Wildman–Crippen LogP) is 1.59. The summed E-state index contributed by atoms with van der Waals surface area (Å²) in [5, 5.41) is 12.5. The Labute approximate surface area is 98.0 Å². The topological polar surface area (TPSA) is 52.6 Å². The van der Waals surface area contributed by atoms with E-state index in [1.807, 2.05) is 13.8 Å². The average molecular weight is 228 g/mol. The molecule has 16 heavy (non-hydrogen) atoms. The molecule has 4 nitrogen and oxygen atoms in total. The largest absolute Gasteiger partial charge is 0.393 e. The molecule has 0 bridgehead atoms. The monoisotopic (exact) mass is 228 g/mol. The Morgan fingerprint density at radius 3 is 2.62 bits per heavy atom. The molecule has 0 aromatic rings. The first-order valence-electron chi connectivity index (χ1n) is 6.38. The summed E-state index contributed by atoms with van der Waals surface area (Å²) < 4.78 is 0. The van der Waals surface area contributed by atoms with Crippen LogP contribution in [0.2, 0.25) is 0 Å². The summed E-state index contributed by atoms with van der Waals surface area (Å²) >= 11 is 0. The Bertz CT molecular complexity index is 217. The van der Waals surface area contributed by atoms with Crippen LogP contribution in [0.5, 0.6) is 0 Å². The van der Waals surface area contributed by atoms with E-state index < -0.39 is 0 Å². The minimum absolute atomic E-state index is 0.0186. The number of amides is 2. The van der Waals surface area contributed by atoms with Gasteiger partial charge in [-0.3, -0.25) is 0 Å². The molecule has 1 rings (SSSR count). The molecule has 2 amide bonds. The van der Waals surface area contributed by atoms with Crippen LogP contribution in [0.15, 0.2) is 0 Å². The van der Waals surface area contributed by atoms with Crippen LogP contribution >= 0.6 is 0 Å². The second kappa shape index (κ2) is 6.74. The molecule has 0 saturated heterocycles. The lowest BCUT2D eigenvalue weighted by atomic mass is 9.87. The van der Waals surface area contributed by atoms with Gasteiger partial charge < -0.3 is 15.3 Å². The van der Waals surface area contributed by atoms with Crippen molar-refractivity contribution in [3.05, 3.63) is 0 Å². The van der Waals surface area contributed by atoms with E-state index in [-0.39, 0.29) is 12.1 Å². The number of hydrogen-bond acceptors (Lipinski definition) is 2. The summed E-state index contributed by atoms with van der Waals surface area (Å²) in [5.41, 5.74) is 0. The minimum Gasteiger partial charge on any atom is -0.393 e. The van der Waals surface area contributed by atoms with Crippen molar-refractivity contribution in [2.24, 2.45) is 5.92 Å². The maximum absolute atomic E-state index is 11.7. The molecule has 94 valence electrons. The average Bonchev–Trinajstić information content (AvgIpc) is 2.28. The van der Waals surface area contributed by atoms with Crippen LogP contribution in [0, 0.1) is 5.92 Å². The molecule has 1 saturated carbocycles. The van der Waals surface area contributed by atoms with Gasteiger partial charge in [0.25, 0.3) is 0 Å². The lowest BCUT2D eigenvalue weighted by Crippen LogP contribution is -2.42. The standard InChI is InChI=1S/C12H24N2O2/c1-3-14(4-2)12(16)13-9-10-6-5-7-11(15)8-10/h10-11,15H,3-9H2,1-2H3,(H,13,16). The maximum Gasteiger partial charge on any atom is 0.317 e. The summed E-state index contributed by atoms with van der Waals surface area (Å²) in [6, 6.07) is 0.0186. The Balaban J connectivity index is 2.25. The second-order valence-electron chi connectivity index (χ2n) is 4.54. The van der Waals surface area contributed by atoms with Gasteiger partial charge in [-0.2, -0.15) is 0 Å². The normalized spacial score (nSPS) is 25.2. The van der Waals surface area contributed by atoms with Crippen LogP contribution < -0.4 is 5.32 Å². The van der Waals surface area contributed by atoms with Gasteiger partial charge in [-0.1, -0.05) is 6.42 Å². The van der Waals surface area contributed by atoms with E-state index in [1.54, 1.807) is 4.90 Å². The van der Waals surface area contributed by atoms with E-state index in [4.69, 9.17) is 0 Å². The van der Waals surface area contributed by atoms with Crippen molar-refractivity contribution < 1.29 is 9.90 Å². The lowest BCUT2D eigenvalue weighted by Gasteiger charge is -2.27. The van der Waals surface area contributed by atoms with Crippen LogP contribution in [0.3, 0.4) is 0 Å². The Morgan fingerprint density at radius 1 is 1.38 bits per heavy atom. The van der Waals surface area contributed by atoms with Crippen molar-refractivity contribution in [2.75, 3.05) is 19.6 Å². The third kappa shape index (κ3) is 4.00. The predicted molar refractivity (Wildman–Crippen MR) is 64.3 cm³/mol. The molecular formula is C12H24N2O2. The van der Waals surface area contributed by atoms with E-state index in [1.165, 1.54) is 0 Å². The highest BCUT2D eigenvalue weighted by Crippen LogP contribution is 2.23. The van der Waals surface area contributed by atoms with Crippen LogP contribution in [0.4, 0.5) is 4.79 Å². The number of rotatable bonds is 4. The van der Waals surface area contributed by atoms with Gasteiger partial charge in [0.1, 0.15) is 0 Å². The number of carbonyl (C=O) groups excluding carboxylic acids is 1. The molecule has 2 atom stereocenters. The Kier molecular flexibility index (Phi) is 5.60. The summed E-state index contributed by atoms with van der Waals surface area (Å²) in [5.74, 6) is 0.447. The third-order valence-corrected chi connectivity index (χ3v) is 3.35. The highest BCUT2D eigenvalue weighted by molar-refractivity contribution is 5.74. The molecule has 2 unspecified atom stereocenters. The van der Waals surface area contributed by atoms with Gasteiger partial charge in [0, 0.05) is 19.6 Å². The van der Waals surface area contributed by atoms with Gasteiger partial charge in [-0.15, -0.1) is 0 Å². The van der Waals surface area contributed by atoms with E-state index in [9.17, 15) is 9.90 Å². The first-order chi connectivity index (χ1) is 7.67. The summed E-state index contributed by atoms with van der Waals surface area (Å²) in [6.07, 6.45) is 3.78. The molecule has 0 aromatic heterocycles. The number of hydrogen-bond donors (Lipinski definition) is 2. The fourth-order valence-electron chi connectivity index (χ4n) is 2.30. The molecular weight excluding hydrogens is 204 g/mol. The van der Waals surface area contributed by atoms with Crippen molar-refractivity contribution in [2.45, 2.75) is 45.6 Å². The fraction of sp³-hybridized carbons (Fsp3) is 0.917. The van der Waals surface area contributed by atoms with Crippen molar-refractivity contribution in [3.8, 4) is 0 Å². The zero-order chi connectivity index (χ0) is 12.0. The minimum atomic E-state index is -0.163. The molecule has 4 heteroatoms. The quantitative estimate of drug-likeness (QED) is 0.767. The summed E-state index contributed by atoms with van der Waals surface area (Å²) in [7, 11) is 0. The van der Waals surface area contributed by atoms with E-state index in [0.29, 0.717) is 12.5 Å².